The molecule has 1 aliphatic carbocycles. The molecule has 0 saturated carbocycles. The molecule has 4 aromatic heterocycles. The molecule has 0 radical (unpaired) electrons. The smallest absolute Gasteiger partial charge is 0.336 e. The van der Waals surface area contributed by atoms with Crippen molar-refractivity contribution in [3.8, 4) is 28.2 Å². The number of aromatic carboxylic acids is 1. The zero-order valence-corrected chi connectivity index (χ0v) is 31.5. The van der Waals surface area contributed by atoms with E-state index in [1.807, 2.05) is 58.3 Å². The summed E-state index contributed by atoms with van der Waals surface area (Å²) in [6.07, 6.45) is 13.3. The number of halogens is 2. The summed E-state index contributed by atoms with van der Waals surface area (Å²) in [6.45, 7) is 1.21. The van der Waals surface area contributed by atoms with Gasteiger partial charge in [-0.1, -0.05) is 18.2 Å². The average molecular weight is 791 g/mol. The lowest BCUT2D eigenvalue weighted by Gasteiger charge is -2.26. The predicted molar refractivity (Wildman–Crippen MR) is 216 cm³/mol. The minimum atomic E-state index is -1.27. The number of benzene rings is 3. The molecule has 6 aromatic rings. The first-order chi connectivity index (χ1) is 28.7. The van der Waals surface area contributed by atoms with Crippen molar-refractivity contribution in [3.05, 3.63) is 195 Å². The second-order valence-electron chi connectivity index (χ2n) is 14.1. The Hall–Kier alpha value is -7.22. The monoisotopic (exact) mass is 790 g/mol. The Labute approximate surface area is 336 Å². The van der Waals surface area contributed by atoms with Crippen LogP contribution in [0, 0.1) is 11.6 Å². The van der Waals surface area contributed by atoms with Crippen molar-refractivity contribution < 1.29 is 28.2 Å². The number of aromatic nitrogens is 4. The molecule has 294 valence electrons. The Kier molecular flexibility index (Phi) is 11.2. The summed E-state index contributed by atoms with van der Waals surface area (Å²) in [7, 11) is 0. The molecule has 1 aliphatic heterocycles. The first-order valence-electron chi connectivity index (χ1n) is 18.7. The lowest BCUT2D eigenvalue weighted by molar-refractivity contribution is 0.0697. The van der Waals surface area contributed by atoms with Gasteiger partial charge in [-0.15, -0.1) is 0 Å². The maximum Gasteiger partial charge on any atom is 0.336 e. The van der Waals surface area contributed by atoms with Gasteiger partial charge >= 0.3 is 5.97 Å². The lowest BCUT2D eigenvalue weighted by Crippen LogP contribution is -2.28. The Morgan fingerprint density at radius 1 is 0.593 bits per heavy atom. The fourth-order valence-corrected chi connectivity index (χ4v) is 7.43. The Morgan fingerprint density at radius 2 is 1.05 bits per heavy atom. The molecule has 11 nitrogen and oxygen atoms in total. The number of hydrogen-bond donors (Lipinski definition) is 2. The Bertz CT molecular complexity index is 2690. The summed E-state index contributed by atoms with van der Waals surface area (Å²) < 4.78 is 39.0. The number of carboxylic acids is 1. The van der Waals surface area contributed by atoms with Crippen molar-refractivity contribution in [3.63, 3.8) is 0 Å². The highest BCUT2D eigenvalue weighted by Gasteiger charge is 2.30. The zero-order chi connectivity index (χ0) is 40.9. The number of carbonyl (C=O) groups is 1. The number of hydrogen-bond acceptors (Lipinski definition) is 10. The topological polar surface area (TPSA) is 146 Å². The maximum atomic E-state index is 16.2. The number of aromatic hydroxyl groups is 1. The van der Waals surface area contributed by atoms with Crippen LogP contribution in [0.5, 0.6) is 5.75 Å². The third-order valence-corrected chi connectivity index (χ3v) is 10.1. The lowest BCUT2D eigenvalue weighted by atomic mass is 9.88. The first kappa shape index (κ1) is 38.6. The van der Waals surface area contributed by atoms with Crippen molar-refractivity contribution in [2.45, 2.75) is 39.3 Å². The van der Waals surface area contributed by atoms with Gasteiger partial charge in [0.05, 0.1) is 16.7 Å². The summed E-state index contributed by atoms with van der Waals surface area (Å²) in [6, 6.07) is 22.9. The molecule has 2 aromatic carbocycles. The minimum absolute atomic E-state index is 0.00289. The molecule has 0 saturated heterocycles. The van der Waals surface area contributed by atoms with Crippen LogP contribution in [0.1, 0.15) is 43.7 Å². The van der Waals surface area contributed by atoms with Crippen LogP contribution < -0.4 is 5.43 Å². The van der Waals surface area contributed by atoms with E-state index < -0.39 is 28.8 Å². The molecular weight excluding hydrogens is 755 g/mol. The van der Waals surface area contributed by atoms with Crippen LogP contribution in [0.25, 0.3) is 33.4 Å². The summed E-state index contributed by atoms with van der Waals surface area (Å²) in [5, 5.41) is 22.0. The van der Waals surface area contributed by atoms with E-state index in [4.69, 9.17) is 4.42 Å². The molecule has 13 heteroatoms. The van der Waals surface area contributed by atoms with Gasteiger partial charge in [-0.2, -0.15) is 0 Å². The van der Waals surface area contributed by atoms with Crippen LogP contribution in [-0.4, -0.2) is 45.9 Å². The minimum Gasteiger partial charge on any atom is -0.504 e. The molecule has 0 bridgehead atoms. The highest BCUT2D eigenvalue weighted by molar-refractivity contribution is 6.08. The largest absolute Gasteiger partial charge is 0.504 e. The number of fused-ring (bicyclic) bond motifs is 2. The molecule has 0 atom stereocenters. The zero-order valence-electron chi connectivity index (χ0n) is 31.5. The number of phenols is 1. The van der Waals surface area contributed by atoms with Crippen LogP contribution in [0.2, 0.25) is 0 Å². The molecule has 0 spiro atoms. The number of nitrogens with zero attached hydrogens (tertiary/aromatic N) is 6. The van der Waals surface area contributed by atoms with Gasteiger partial charge in [-0.25, -0.2) is 13.6 Å². The fraction of sp³-hybridized carbons (Fsp3) is 0.130. The average Bonchev–Trinajstić information content (AvgIpc) is 3.25. The third kappa shape index (κ3) is 8.42. The summed E-state index contributed by atoms with van der Waals surface area (Å²) in [5.41, 5.74) is 2.83. The van der Waals surface area contributed by atoms with Gasteiger partial charge in [0, 0.05) is 105 Å². The van der Waals surface area contributed by atoms with Gasteiger partial charge in [-0.05, 0) is 94.5 Å². The molecule has 2 aliphatic rings. The maximum absolute atomic E-state index is 16.2. The van der Waals surface area contributed by atoms with Crippen LogP contribution in [0.15, 0.2) is 144 Å². The SMILES string of the molecule is O=C(O)c1ccccc1-c1c2cc(F)c(=O)c(CN(Cc3ccncc3)Cc3ccncc3)c-2oc2c(CN(Cc3ccncc3)Cc3ccncc3)c(O)c(F)cc12. The van der Waals surface area contributed by atoms with Crippen molar-refractivity contribution >= 4 is 16.9 Å². The van der Waals surface area contributed by atoms with Crippen LogP contribution in [0.4, 0.5) is 8.78 Å². The molecule has 0 amide bonds. The van der Waals surface area contributed by atoms with Crippen LogP contribution >= 0.6 is 0 Å². The highest BCUT2D eigenvalue weighted by atomic mass is 19.1. The molecule has 8 rings (SSSR count). The Balaban J connectivity index is 1.37. The van der Waals surface area contributed by atoms with Gasteiger partial charge in [0.25, 0.3) is 0 Å². The number of phenolic OH excluding ortho intramolecular Hbond substituents is 1. The standard InChI is InChI=1S/C46H36F2N6O5/c47-39-21-35-41(33-3-1-2-4-34(33)46(57)58)36-22-40(48)43(56)38(28-54(25-31-9-17-51-18-10-31)26-32-11-19-52-20-12-32)45(36)59-44(35)37(42(39)55)27-53(23-29-5-13-49-14-6-29)24-30-7-15-50-16-8-30/h1-22,55H,23-28H2,(H,57,58). The van der Waals surface area contributed by atoms with Crippen LogP contribution in [-0.2, 0) is 39.3 Å². The summed E-state index contributed by atoms with van der Waals surface area (Å²) in [4.78, 5) is 47.2. The molecule has 2 N–H and O–H groups in total. The van der Waals surface area contributed by atoms with E-state index in [1.165, 1.54) is 6.07 Å². The van der Waals surface area contributed by atoms with Gasteiger partial charge < -0.3 is 14.6 Å². The summed E-state index contributed by atoms with van der Waals surface area (Å²) >= 11 is 0. The Morgan fingerprint density at radius 3 is 1.53 bits per heavy atom. The number of pyridine rings is 4. The van der Waals surface area contributed by atoms with E-state index in [-0.39, 0.29) is 63.2 Å². The van der Waals surface area contributed by atoms with E-state index in [1.54, 1.807) is 67.8 Å². The van der Waals surface area contributed by atoms with Gasteiger partial charge in [0.2, 0.25) is 5.43 Å². The summed E-state index contributed by atoms with van der Waals surface area (Å²) in [5.74, 6) is -4.08. The van der Waals surface area contributed by atoms with Crippen LogP contribution in [0.3, 0.4) is 0 Å². The fourth-order valence-electron chi connectivity index (χ4n) is 7.43. The van der Waals surface area contributed by atoms with Gasteiger partial charge in [-0.3, -0.25) is 34.5 Å². The molecule has 0 unspecified atom stereocenters. The van der Waals surface area contributed by atoms with E-state index in [2.05, 4.69) is 19.9 Å². The molecule has 0 fully saturated rings. The van der Waals surface area contributed by atoms with Gasteiger partial charge in [0.15, 0.2) is 17.4 Å². The third-order valence-electron chi connectivity index (χ3n) is 10.1. The van der Waals surface area contributed by atoms with Crippen molar-refractivity contribution in [1.29, 1.82) is 0 Å². The number of carboxylic acid groups (broad SMARTS) is 1. The van der Waals surface area contributed by atoms with E-state index in [0.717, 1.165) is 34.4 Å². The normalized spacial score (nSPS) is 11.5. The molecular formula is C46H36F2N6O5. The van der Waals surface area contributed by atoms with Crippen molar-refractivity contribution in [2.75, 3.05) is 0 Å². The first-order valence-corrected chi connectivity index (χ1v) is 18.7. The van der Waals surface area contributed by atoms with Crippen molar-refractivity contribution in [2.24, 2.45) is 0 Å². The second kappa shape index (κ2) is 17.1. The quantitative estimate of drug-likeness (QED) is 0.103. The highest BCUT2D eigenvalue weighted by Crippen LogP contribution is 2.46. The number of rotatable bonds is 14. The predicted octanol–water partition coefficient (Wildman–Crippen LogP) is 8.23. The second-order valence-corrected chi connectivity index (χ2v) is 14.1. The molecule has 59 heavy (non-hydrogen) atoms. The van der Waals surface area contributed by atoms with E-state index in [9.17, 15) is 19.8 Å². The van der Waals surface area contributed by atoms with E-state index >= 15 is 8.78 Å². The van der Waals surface area contributed by atoms with Crippen molar-refractivity contribution in [1.82, 2.24) is 29.7 Å². The van der Waals surface area contributed by atoms with Gasteiger partial charge in [0.1, 0.15) is 11.3 Å². The molecule has 5 heterocycles. The van der Waals surface area contributed by atoms with E-state index in [0.29, 0.717) is 26.2 Å².